The van der Waals surface area contributed by atoms with Crippen molar-refractivity contribution in [3.63, 3.8) is 0 Å². The highest BCUT2D eigenvalue weighted by Crippen LogP contribution is 2.32. The molecule has 2 unspecified atom stereocenters. The van der Waals surface area contributed by atoms with Crippen LogP contribution >= 0.6 is 11.3 Å². The molecule has 2 atom stereocenters. The van der Waals surface area contributed by atoms with Crippen molar-refractivity contribution in [2.24, 2.45) is 5.73 Å². The van der Waals surface area contributed by atoms with Crippen LogP contribution in [-0.2, 0) is 0 Å². The second kappa shape index (κ2) is 5.10. The largest absolute Gasteiger partial charge is 0.326 e. The quantitative estimate of drug-likeness (QED) is 0.855. The third-order valence-corrected chi connectivity index (χ3v) is 4.07. The highest BCUT2D eigenvalue weighted by atomic mass is 32.1. The van der Waals surface area contributed by atoms with E-state index in [9.17, 15) is 0 Å². The van der Waals surface area contributed by atoms with Crippen molar-refractivity contribution in [3.8, 4) is 0 Å². The molecule has 0 radical (unpaired) electrons. The first-order chi connectivity index (χ1) is 7.33. The summed E-state index contributed by atoms with van der Waals surface area (Å²) in [4.78, 5) is 4.00. The third-order valence-electron chi connectivity index (χ3n) is 3.13. The van der Waals surface area contributed by atoms with Gasteiger partial charge in [0.25, 0.3) is 0 Å². The van der Waals surface area contributed by atoms with E-state index in [1.54, 1.807) is 0 Å². The van der Waals surface area contributed by atoms with Gasteiger partial charge in [-0.15, -0.1) is 11.3 Å². The lowest BCUT2D eigenvalue weighted by Gasteiger charge is -2.39. The maximum atomic E-state index is 6.26. The number of hydrogen-bond donors (Lipinski definition) is 1. The Morgan fingerprint density at radius 1 is 1.60 bits per heavy atom. The van der Waals surface area contributed by atoms with Crippen LogP contribution in [0.3, 0.4) is 0 Å². The summed E-state index contributed by atoms with van der Waals surface area (Å²) >= 11 is 1.84. The van der Waals surface area contributed by atoms with Gasteiger partial charge in [-0.25, -0.2) is 0 Å². The van der Waals surface area contributed by atoms with E-state index in [-0.39, 0.29) is 0 Å². The van der Waals surface area contributed by atoms with Gasteiger partial charge in [-0.2, -0.15) is 0 Å². The highest BCUT2D eigenvalue weighted by molar-refractivity contribution is 7.10. The molecule has 84 valence electrons. The first-order valence-corrected chi connectivity index (χ1v) is 6.74. The lowest BCUT2D eigenvalue weighted by molar-refractivity contribution is 0.131. The molecule has 1 saturated heterocycles. The molecular formula is C12H20N2S. The molecule has 2 nitrogen and oxygen atoms in total. The van der Waals surface area contributed by atoms with Crippen LogP contribution in [-0.4, -0.2) is 24.0 Å². The first-order valence-electron chi connectivity index (χ1n) is 5.86. The SMILES string of the molecule is CCCN1CCCC(N)C1c1cccs1. The molecule has 0 aromatic carbocycles. The zero-order chi connectivity index (χ0) is 10.7. The molecule has 15 heavy (non-hydrogen) atoms. The van der Waals surface area contributed by atoms with E-state index in [0.29, 0.717) is 12.1 Å². The summed E-state index contributed by atoms with van der Waals surface area (Å²) in [6.45, 7) is 4.63. The summed E-state index contributed by atoms with van der Waals surface area (Å²) in [5.41, 5.74) is 6.26. The van der Waals surface area contributed by atoms with Gasteiger partial charge in [-0.05, 0) is 43.8 Å². The minimum atomic E-state index is 0.323. The summed E-state index contributed by atoms with van der Waals surface area (Å²) in [6.07, 6.45) is 3.64. The molecular weight excluding hydrogens is 204 g/mol. The number of likely N-dealkylation sites (tertiary alicyclic amines) is 1. The standard InChI is InChI=1S/C12H20N2S/c1-2-7-14-8-3-5-10(13)12(14)11-6-4-9-15-11/h4,6,9-10,12H,2-3,5,7-8,13H2,1H3. The summed E-state index contributed by atoms with van der Waals surface area (Å²) in [6, 6.07) is 5.15. The van der Waals surface area contributed by atoms with Crippen LogP contribution in [0.25, 0.3) is 0 Å². The van der Waals surface area contributed by atoms with Crippen molar-refractivity contribution < 1.29 is 0 Å². The zero-order valence-corrected chi connectivity index (χ0v) is 10.2. The molecule has 1 aliphatic rings. The second-order valence-corrected chi connectivity index (χ2v) is 5.28. The van der Waals surface area contributed by atoms with Crippen molar-refractivity contribution in [2.45, 2.75) is 38.3 Å². The van der Waals surface area contributed by atoms with Gasteiger partial charge in [0.2, 0.25) is 0 Å². The van der Waals surface area contributed by atoms with Gasteiger partial charge in [0.1, 0.15) is 0 Å². The predicted molar refractivity (Wildman–Crippen MR) is 66.1 cm³/mol. The molecule has 3 heteroatoms. The maximum Gasteiger partial charge on any atom is 0.0593 e. The molecule has 2 rings (SSSR count). The lowest BCUT2D eigenvalue weighted by Crippen LogP contribution is -2.45. The van der Waals surface area contributed by atoms with Crippen LogP contribution in [0.15, 0.2) is 17.5 Å². The summed E-state index contributed by atoms with van der Waals surface area (Å²) < 4.78 is 0. The van der Waals surface area contributed by atoms with E-state index in [4.69, 9.17) is 5.73 Å². The molecule has 0 spiro atoms. The van der Waals surface area contributed by atoms with Crippen molar-refractivity contribution in [3.05, 3.63) is 22.4 Å². The molecule has 1 aromatic heterocycles. The lowest BCUT2D eigenvalue weighted by atomic mass is 9.95. The molecule has 0 saturated carbocycles. The van der Waals surface area contributed by atoms with Crippen LogP contribution < -0.4 is 5.73 Å². The van der Waals surface area contributed by atoms with E-state index in [2.05, 4.69) is 29.3 Å². The topological polar surface area (TPSA) is 29.3 Å². The minimum Gasteiger partial charge on any atom is -0.326 e. The molecule has 2 heterocycles. The molecule has 1 aliphatic heterocycles. The van der Waals surface area contributed by atoms with Crippen molar-refractivity contribution in [1.82, 2.24) is 4.90 Å². The number of piperidine rings is 1. The van der Waals surface area contributed by atoms with Crippen molar-refractivity contribution in [2.75, 3.05) is 13.1 Å². The minimum absolute atomic E-state index is 0.323. The Morgan fingerprint density at radius 2 is 2.47 bits per heavy atom. The highest BCUT2D eigenvalue weighted by Gasteiger charge is 2.30. The van der Waals surface area contributed by atoms with E-state index < -0.39 is 0 Å². The van der Waals surface area contributed by atoms with E-state index in [1.165, 1.54) is 37.2 Å². The fourth-order valence-corrected chi connectivity index (χ4v) is 3.42. The zero-order valence-electron chi connectivity index (χ0n) is 9.36. The Kier molecular flexibility index (Phi) is 3.78. The Bertz CT molecular complexity index is 282. The van der Waals surface area contributed by atoms with Gasteiger partial charge in [0.05, 0.1) is 6.04 Å². The molecule has 1 fully saturated rings. The Labute approximate surface area is 96.1 Å². The summed E-state index contributed by atoms with van der Waals surface area (Å²) in [5, 5.41) is 2.15. The second-order valence-electron chi connectivity index (χ2n) is 4.30. The van der Waals surface area contributed by atoms with Gasteiger partial charge in [0.15, 0.2) is 0 Å². The van der Waals surface area contributed by atoms with Gasteiger partial charge in [0, 0.05) is 10.9 Å². The fraction of sp³-hybridized carbons (Fsp3) is 0.667. The molecule has 1 aromatic rings. The van der Waals surface area contributed by atoms with Crippen molar-refractivity contribution >= 4 is 11.3 Å². The fourth-order valence-electron chi connectivity index (χ4n) is 2.49. The Morgan fingerprint density at radius 3 is 3.13 bits per heavy atom. The Hall–Kier alpha value is -0.380. The van der Waals surface area contributed by atoms with Gasteiger partial charge < -0.3 is 5.73 Å². The summed E-state index contributed by atoms with van der Waals surface area (Å²) in [7, 11) is 0. The van der Waals surface area contributed by atoms with Gasteiger partial charge >= 0.3 is 0 Å². The number of nitrogens with zero attached hydrogens (tertiary/aromatic N) is 1. The monoisotopic (exact) mass is 224 g/mol. The molecule has 2 N–H and O–H groups in total. The molecule has 0 bridgehead atoms. The third kappa shape index (κ3) is 2.41. The number of thiophene rings is 1. The van der Waals surface area contributed by atoms with Crippen LogP contribution in [0, 0.1) is 0 Å². The number of nitrogens with two attached hydrogens (primary N) is 1. The van der Waals surface area contributed by atoms with E-state index >= 15 is 0 Å². The number of rotatable bonds is 3. The van der Waals surface area contributed by atoms with Gasteiger partial charge in [-0.1, -0.05) is 13.0 Å². The van der Waals surface area contributed by atoms with Crippen molar-refractivity contribution in [1.29, 1.82) is 0 Å². The molecule has 0 aliphatic carbocycles. The summed E-state index contributed by atoms with van der Waals surface area (Å²) in [5.74, 6) is 0. The average molecular weight is 224 g/mol. The van der Waals surface area contributed by atoms with E-state index in [0.717, 1.165) is 0 Å². The predicted octanol–water partition coefficient (Wildman–Crippen LogP) is 2.62. The molecule has 0 amide bonds. The van der Waals surface area contributed by atoms with Crippen LogP contribution in [0.4, 0.5) is 0 Å². The van der Waals surface area contributed by atoms with Crippen LogP contribution in [0.2, 0.25) is 0 Å². The van der Waals surface area contributed by atoms with Gasteiger partial charge in [-0.3, -0.25) is 4.90 Å². The first kappa shape index (κ1) is 11.1. The normalized spacial score (nSPS) is 28.1. The average Bonchev–Trinajstić information content (AvgIpc) is 2.71. The Balaban J connectivity index is 2.15. The maximum absolute atomic E-state index is 6.26. The number of hydrogen-bond acceptors (Lipinski definition) is 3. The smallest absolute Gasteiger partial charge is 0.0593 e. The van der Waals surface area contributed by atoms with E-state index in [1.807, 2.05) is 11.3 Å². The van der Waals surface area contributed by atoms with Crippen LogP contribution in [0.1, 0.15) is 37.1 Å². The van der Waals surface area contributed by atoms with Crippen LogP contribution in [0.5, 0.6) is 0 Å².